The van der Waals surface area contributed by atoms with Crippen LogP contribution in [0.4, 0.5) is 0 Å². The summed E-state index contributed by atoms with van der Waals surface area (Å²) in [6.07, 6.45) is 2.34. The molecule has 14 heavy (non-hydrogen) atoms. The lowest BCUT2D eigenvalue weighted by molar-refractivity contribution is 0.193. The van der Waals surface area contributed by atoms with Crippen molar-refractivity contribution in [2.45, 2.75) is 18.6 Å². The van der Waals surface area contributed by atoms with Gasteiger partial charge in [0.15, 0.2) is 0 Å². The van der Waals surface area contributed by atoms with Crippen molar-refractivity contribution in [2.75, 3.05) is 6.54 Å². The van der Waals surface area contributed by atoms with Crippen LogP contribution in [0.1, 0.15) is 18.2 Å². The van der Waals surface area contributed by atoms with Crippen molar-refractivity contribution >= 4 is 24.8 Å². The van der Waals surface area contributed by atoms with E-state index in [9.17, 15) is 5.11 Å². The van der Waals surface area contributed by atoms with E-state index in [0.29, 0.717) is 6.54 Å². The highest BCUT2D eigenvalue weighted by molar-refractivity contribution is 5.85. The Morgan fingerprint density at radius 2 is 2.14 bits per heavy atom. The van der Waals surface area contributed by atoms with Crippen LogP contribution in [0, 0.1) is 0 Å². The Morgan fingerprint density at radius 3 is 2.64 bits per heavy atom. The molecule has 0 aliphatic carbocycles. The van der Waals surface area contributed by atoms with E-state index in [4.69, 9.17) is 0 Å². The summed E-state index contributed by atoms with van der Waals surface area (Å²) in [5, 5.41) is 12.5. The third-order valence-corrected chi connectivity index (χ3v) is 2.15. The molecule has 1 saturated heterocycles. The SMILES string of the molecule is Cl.Cl.O[C@H]1CN[C@H](c2ccccn2)C1. The lowest BCUT2D eigenvalue weighted by Crippen LogP contribution is -2.15. The molecule has 0 spiro atoms. The molecule has 0 saturated carbocycles. The summed E-state index contributed by atoms with van der Waals surface area (Å²) in [7, 11) is 0. The van der Waals surface area contributed by atoms with Gasteiger partial charge in [0, 0.05) is 12.7 Å². The molecule has 3 nitrogen and oxygen atoms in total. The Balaban J connectivity index is 0.000000845. The van der Waals surface area contributed by atoms with Crippen molar-refractivity contribution in [3.05, 3.63) is 30.1 Å². The van der Waals surface area contributed by atoms with Gasteiger partial charge in [0.2, 0.25) is 0 Å². The Morgan fingerprint density at radius 1 is 1.36 bits per heavy atom. The fourth-order valence-electron chi connectivity index (χ4n) is 1.52. The van der Waals surface area contributed by atoms with Gasteiger partial charge >= 0.3 is 0 Å². The molecule has 2 heterocycles. The largest absolute Gasteiger partial charge is 0.392 e. The van der Waals surface area contributed by atoms with Crippen LogP contribution in [-0.4, -0.2) is 22.7 Å². The van der Waals surface area contributed by atoms with Gasteiger partial charge in [-0.05, 0) is 18.6 Å². The van der Waals surface area contributed by atoms with Crippen molar-refractivity contribution in [3.8, 4) is 0 Å². The molecule has 0 unspecified atom stereocenters. The van der Waals surface area contributed by atoms with E-state index in [2.05, 4.69) is 10.3 Å². The number of nitrogens with one attached hydrogen (secondary N) is 1. The number of halogens is 2. The highest BCUT2D eigenvalue weighted by atomic mass is 35.5. The summed E-state index contributed by atoms with van der Waals surface area (Å²) in [5.41, 5.74) is 1.02. The first-order valence-electron chi connectivity index (χ1n) is 4.18. The van der Waals surface area contributed by atoms with Crippen molar-refractivity contribution in [1.29, 1.82) is 0 Å². The number of hydrogen-bond donors (Lipinski definition) is 2. The second kappa shape index (κ2) is 6.19. The van der Waals surface area contributed by atoms with Crippen molar-refractivity contribution in [3.63, 3.8) is 0 Å². The third-order valence-electron chi connectivity index (χ3n) is 2.15. The molecule has 1 aromatic rings. The minimum atomic E-state index is -0.211. The molecule has 2 N–H and O–H groups in total. The number of rotatable bonds is 1. The van der Waals surface area contributed by atoms with Crippen LogP contribution in [0.2, 0.25) is 0 Å². The Labute approximate surface area is 95.8 Å². The minimum Gasteiger partial charge on any atom is -0.392 e. The van der Waals surface area contributed by atoms with E-state index in [1.807, 2.05) is 18.2 Å². The minimum absolute atomic E-state index is 0. The van der Waals surface area contributed by atoms with E-state index in [1.165, 1.54) is 0 Å². The van der Waals surface area contributed by atoms with E-state index < -0.39 is 0 Å². The number of pyridine rings is 1. The first-order valence-corrected chi connectivity index (χ1v) is 4.18. The Hall–Kier alpha value is -0.350. The number of β-amino-alcohol motifs (C(OH)–C–C–N with tert-alkyl or cyclic N) is 1. The van der Waals surface area contributed by atoms with Crippen molar-refractivity contribution in [2.24, 2.45) is 0 Å². The van der Waals surface area contributed by atoms with Crippen molar-refractivity contribution in [1.82, 2.24) is 10.3 Å². The zero-order valence-electron chi connectivity index (χ0n) is 7.59. The summed E-state index contributed by atoms with van der Waals surface area (Å²) < 4.78 is 0. The normalized spacial score (nSPS) is 24.9. The second-order valence-corrected chi connectivity index (χ2v) is 3.10. The highest BCUT2D eigenvalue weighted by Crippen LogP contribution is 2.20. The van der Waals surface area contributed by atoms with Gasteiger partial charge in [0.05, 0.1) is 17.8 Å². The first-order chi connectivity index (χ1) is 5.86. The maximum absolute atomic E-state index is 9.27. The van der Waals surface area contributed by atoms with E-state index in [1.54, 1.807) is 6.20 Å². The number of aliphatic hydroxyl groups is 1. The number of hydrogen-bond acceptors (Lipinski definition) is 3. The van der Waals surface area contributed by atoms with Crippen LogP contribution in [0.25, 0.3) is 0 Å². The fourth-order valence-corrected chi connectivity index (χ4v) is 1.52. The summed E-state index contributed by atoms with van der Waals surface area (Å²) in [5.74, 6) is 0. The van der Waals surface area contributed by atoms with Gasteiger partial charge in [0.1, 0.15) is 0 Å². The first kappa shape index (κ1) is 13.7. The lowest BCUT2D eigenvalue weighted by atomic mass is 10.1. The van der Waals surface area contributed by atoms with Crippen LogP contribution < -0.4 is 5.32 Å². The summed E-state index contributed by atoms with van der Waals surface area (Å²) in [6, 6.07) is 6.08. The molecule has 5 heteroatoms. The lowest BCUT2D eigenvalue weighted by Gasteiger charge is -2.07. The molecule has 1 aromatic heterocycles. The molecule has 2 atom stereocenters. The molecular weight excluding hydrogens is 223 g/mol. The molecule has 0 aromatic carbocycles. The van der Waals surface area contributed by atoms with Gasteiger partial charge in [-0.25, -0.2) is 0 Å². The summed E-state index contributed by atoms with van der Waals surface area (Å²) >= 11 is 0. The van der Waals surface area contributed by atoms with Crippen LogP contribution in [0.5, 0.6) is 0 Å². The van der Waals surface area contributed by atoms with Gasteiger partial charge in [-0.1, -0.05) is 6.07 Å². The van der Waals surface area contributed by atoms with Gasteiger partial charge in [0.25, 0.3) is 0 Å². The van der Waals surface area contributed by atoms with Gasteiger partial charge in [-0.15, -0.1) is 24.8 Å². The van der Waals surface area contributed by atoms with Crippen molar-refractivity contribution < 1.29 is 5.11 Å². The molecule has 80 valence electrons. The number of aromatic nitrogens is 1. The van der Waals surface area contributed by atoms with Crippen LogP contribution >= 0.6 is 24.8 Å². The van der Waals surface area contributed by atoms with E-state index in [0.717, 1.165) is 12.1 Å². The molecule has 0 amide bonds. The molecule has 0 bridgehead atoms. The molecule has 1 aliphatic heterocycles. The monoisotopic (exact) mass is 236 g/mol. The second-order valence-electron chi connectivity index (χ2n) is 3.10. The number of aliphatic hydroxyl groups excluding tert-OH is 1. The summed E-state index contributed by atoms with van der Waals surface area (Å²) in [6.45, 7) is 0.682. The van der Waals surface area contributed by atoms with Crippen LogP contribution in [0.15, 0.2) is 24.4 Å². The molecule has 1 fully saturated rings. The topological polar surface area (TPSA) is 45.1 Å². The third kappa shape index (κ3) is 3.10. The highest BCUT2D eigenvalue weighted by Gasteiger charge is 2.23. The van der Waals surface area contributed by atoms with Gasteiger partial charge < -0.3 is 10.4 Å². The number of nitrogens with zero attached hydrogens (tertiary/aromatic N) is 1. The standard InChI is InChI=1S/C9H12N2O.2ClH/c12-7-5-9(11-6-7)8-3-1-2-4-10-8;;/h1-4,7,9,11-12H,5-6H2;2*1H/t7-,9+;;/m1../s1. The predicted octanol–water partition coefficient (Wildman–Crippen LogP) is 1.32. The average Bonchev–Trinajstić information content (AvgIpc) is 2.54. The Kier molecular flexibility index (Phi) is 6.04. The van der Waals surface area contributed by atoms with E-state index in [-0.39, 0.29) is 37.0 Å². The maximum Gasteiger partial charge on any atom is 0.0683 e. The fraction of sp³-hybridized carbons (Fsp3) is 0.444. The quantitative estimate of drug-likeness (QED) is 0.774. The zero-order valence-corrected chi connectivity index (χ0v) is 9.22. The average molecular weight is 237 g/mol. The Bertz CT molecular complexity index is 258. The van der Waals surface area contributed by atoms with Gasteiger partial charge in [-0.3, -0.25) is 4.98 Å². The van der Waals surface area contributed by atoms with Gasteiger partial charge in [-0.2, -0.15) is 0 Å². The van der Waals surface area contributed by atoms with Crippen LogP contribution in [0.3, 0.4) is 0 Å². The van der Waals surface area contributed by atoms with E-state index >= 15 is 0 Å². The summed E-state index contributed by atoms with van der Waals surface area (Å²) in [4.78, 5) is 4.22. The molecular formula is C9H14Cl2N2O. The molecule has 2 rings (SSSR count). The molecule has 0 radical (unpaired) electrons. The van der Waals surface area contributed by atoms with Crippen LogP contribution in [-0.2, 0) is 0 Å². The maximum atomic E-state index is 9.27. The molecule has 1 aliphatic rings. The predicted molar refractivity (Wildman–Crippen MR) is 60.1 cm³/mol. The smallest absolute Gasteiger partial charge is 0.0683 e. The zero-order chi connectivity index (χ0) is 8.39.